The van der Waals surface area contributed by atoms with Gasteiger partial charge in [0.25, 0.3) is 0 Å². The van der Waals surface area contributed by atoms with Gasteiger partial charge in [-0.15, -0.1) is 0 Å². The summed E-state index contributed by atoms with van der Waals surface area (Å²) in [7, 11) is 3.58. The first-order chi connectivity index (χ1) is 9.19. The zero-order valence-electron chi connectivity index (χ0n) is 10.8. The van der Waals surface area contributed by atoms with Crippen LogP contribution < -0.4 is 4.74 Å². The van der Waals surface area contributed by atoms with E-state index in [1.807, 2.05) is 36.0 Å². The lowest BCUT2D eigenvalue weighted by molar-refractivity contribution is 0.415. The van der Waals surface area contributed by atoms with E-state index in [-0.39, 0.29) is 0 Å². The molecule has 0 saturated carbocycles. The first-order valence-corrected chi connectivity index (χ1v) is 6.33. The van der Waals surface area contributed by atoms with Crippen LogP contribution >= 0.6 is 12.2 Å². The summed E-state index contributed by atoms with van der Waals surface area (Å²) in [5.41, 5.74) is 3.14. The predicted molar refractivity (Wildman–Crippen MR) is 76.0 cm³/mol. The Balaban J connectivity index is 2.11. The van der Waals surface area contributed by atoms with Crippen LogP contribution in [0.25, 0.3) is 11.0 Å². The van der Waals surface area contributed by atoms with E-state index in [2.05, 4.69) is 14.6 Å². The topological polar surface area (TPSA) is 47.8 Å². The van der Waals surface area contributed by atoms with Gasteiger partial charge in [0.05, 0.1) is 30.4 Å². The second kappa shape index (κ2) is 4.55. The summed E-state index contributed by atoms with van der Waals surface area (Å²) < 4.78 is 9.83. The molecule has 5 nitrogen and oxygen atoms in total. The van der Waals surface area contributed by atoms with Crippen molar-refractivity contribution < 1.29 is 4.74 Å². The third kappa shape index (κ3) is 2.04. The van der Waals surface area contributed by atoms with E-state index in [9.17, 15) is 0 Å². The lowest BCUT2D eigenvalue weighted by atomic mass is 10.3. The van der Waals surface area contributed by atoms with Gasteiger partial charge in [-0.3, -0.25) is 4.68 Å². The van der Waals surface area contributed by atoms with Crippen LogP contribution in [0.3, 0.4) is 0 Å². The summed E-state index contributed by atoms with van der Waals surface area (Å²) >= 11 is 5.39. The van der Waals surface area contributed by atoms with Crippen LogP contribution in [0.2, 0.25) is 0 Å². The van der Waals surface area contributed by atoms with Crippen molar-refractivity contribution in [2.45, 2.75) is 6.54 Å². The average molecular weight is 274 g/mol. The molecule has 0 unspecified atom stereocenters. The fourth-order valence-corrected chi connectivity index (χ4v) is 2.42. The highest BCUT2D eigenvalue weighted by Gasteiger charge is 2.08. The molecule has 0 bridgehead atoms. The number of aryl methyl sites for hydroxylation is 1. The Labute approximate surface area is 115 Å². The number of methoxy groups -OCH3 is 1. The molecule has 3 aromatic rings. The third-order valence-corrected chi connectivity index (χ3v) is 3.55. The maximum absolute atomic E-state index is 5.39. The summed E-state index contributed by atoms with van der Waals surface area (Å²) in [6, 6.07) is 7.89. The van der Waals surface area contributed by atoms with Gasteiger partial charge in [-0.2, -0.15) is 5.10 Å². The Kier molecular flexibility index (Phi) is 2.87. The van der Waals surface area contributed by atoms with Crippen molar-refractivity contribution in [3.8, 4) is 5.75 Å². The molecule has 3 rings (SSSR count). The van der Waals surface area contributed by atoms with Crippen molar-refractivity contribution in [2.75, 3.05) is 7.11 Å². The maximum Gasteiger partial charge on any atom is 0.178 e. The quantitative estimate of drug-likeness (QED) is 0.746. The highest BCUT2D eigenvalue weighted by atomic mass is 32.1. The SMILES string of the molecule is COc1ccc2c(c1)[nH]c(=S)n2Cc1ccnn1C. The molecule has 98 valence electrons. The van der Waals surface area contributed by atoms with Gasteiger partial charge in [-0.1, -0.05) is 0 Å². The Morgan fingerprint density at radius 1 is 1.37 bits per heavy atom. The van der Waals surface area contributed by atoms with Crippen LogP contribution in [0.4, 0.5) is 0 Å². The van der Waals surface area contributed by atoms with Gasteiger partial charge >= 0.3 is 0 Å². The van der Waals surface area contributed by atoms with Gasteiger partial charge in [-0.05, 0) is 30.4 Å². The summed E-state index contributed by atoms with van der Waals surface area (Å²) in [4.78, 5) is 3.20. The molecule has 0 aliphatic carbocycles. The average Bonchev–Trinajstić information content (AvgIpc) is 2.94. The normalized spacial score (nSPS) is 11.1. The molecule has 0 aliphatic heterocycles. The van der Waals surface area contributed by atoms with Crippen molar-refractivity contribution >= 4 is 23.3 Å². The van der Waals surface area contributed by atoms with E-state index in [1.165, 1.54) is 0 Å². The molecular weight excluding hydrogens is 260 g/mol. The minimum Gasteiger partial charge on any atom is -0.497 e. The number of fused-ring (bicyclic) bond motifs is 1. The highest BCUT2D eigenvalue weighted by Crippen LogP contribution is 2.21. The molecule has 0 radical (unpaired) electrons. The summed E-state index contributed by atoms with van der Waals surface area (Å²) in [6.07, 6.45) is 1.79. The third-order valence-electron chi connectivity index (χ3n) is 3.22. The Bertz CT molecular complexity index is 783. The minimum atomic E-state index is 0.696. The van der Waals surface area contributed by atoms with E-state index in [4.69, 9.17) is 17.0 Å². The molecule has 2 heterocycles. The molecule has 0 fully saturated rings. The maximum atomic E-state index is 5.39. The largest absolute Gasteiger partial charge is 0.497 e. The standard InChI is InChI=1S/C13H14N4OS/c1-16-9(5-6-14-16)8-17-12-4-3-10(18-2)7-11(12)15-13(17)19/h3-7H,8H2,1-2H3,(H,15,19). The fourth-order valence-electron chi connectivity index (χ4n) is 2.15. The van der Waals surface area contributed by atoms with Gasteiger partial charge in [0.15, 0.2) is 4.77 Å². The number of hydrogen-bond donors (Lipinski definition) is 1. The second-order valence-electron chi connectivity index (χ2n) is 4.35. The number of rotatable bonds is 3. The number of nitrogens with zero attached hydrogens (tertiary/aromatic N) is 3. The van der Waals surface area contributed by atoms with Gasteiger partial charge in [0, 0.05) is 19.3 Å². The molecule has 6 heteroatoms. The zero-order valence-corrected chi connectivity index (χ0v) is 11.6. The van der Waals surface area contributed by atoms with E-state index >= 15 is 0 Å². The Morgan fingerprint density at radius 3 is 2.89 bits per heavy atom. The molecule has 0 amide bonds. The highest BCUT2D eigenvalue weighted by molar-refractivity contribution is 7.71. The van der Waals surface area contributed by atoms with Crippen LogP contribution in [0.5, 0.6) is 5.75 Å². The molecule has 0 aliphatic rings. The number of benzene rings is 1. The first kappa shape index (κ1) is 12.0. The fraction of sp³-hybridized carbons (Fsp3) is 0.231. The summed E-state index contributed by atoms with van der Waals surface area (Å²) in [5, 5.41) is 4.17. The lowest BCUT2D eigenvalue weighted by Gasteiger charge is -2.05. The molecule has 2 aromatic heterocycles. The predicted octanol–water partition coefficient (Wildman–Crippen LogP) is 2.49. The van der Waals surface area contributed by atoms with Crippen molar-refractivity contribution in [1.29, 1.82) is 0 Å². The van der Waals surface area contributed by atoms with Gasteiger partial charge in [0.1, 0.15) is 5.75 Å². The molecule has 0 saturated heterocycles. The molecule has 1 aromatic carbocycles. The first-order valence-electron chi connectivity index (χ1n) is 5.92. The zero-order chi connectivity index (χ0) is 13.4. The summed E-state index contributed by atoms with van der Waals surface area (Å²) in [6.45, 7) is 0.696. The Hall–Kier alpha value is -2.08. The lowest BCUT2D eigenvalue weighted by Crippen LogP contribution is -2.05. The van der Waals surface area contributed by atoms with Crippen LogP contribution in [0, 0.1) is 4.77 Å². The molecular formula is C13H14N4OS. The van der Waals surface area contributed by atoms with E-state index in [1.54, 1.807) is 13.3 Å². The smallest absolute Gasteiger partial charge is 0.178 e. The van der Waals surface area contributed by atoms with E-state index in [0.29, 0.717) is 11.3 Å². The van der Waals surface area contributed by atoms with Crippen LogP contribution in [0.15, 0.2) is 30.5 Å². The number of aromatic amines is 1. The summed E-state index contributed by atoms with van der Waals surface area (Å²) in [5.74, 6) is 0.816. The van der Waals surface area contributed by atoms with Gasteiger partial charge in [-0.25, -0.2) is 0 Å². The van der Waals surface area contributed by atoms with Crippen molar-refractivity contribution in [1.82, 2.24) is 19.3 Å². The number of nitrogens with one attached hydrogen (secondary N) is 1. The number of aromatic nitrogens is 4. The van der Waals surface area contributed by atoms with Gasteiger partial charge < -0.3 is 14.3 Å². The van der Waals surface area contributed by atoms with Crippen LogP contribution in [-0.4, -0.2) is 26.4 Å². The second-order valence-corrected chi connectivity index (χ2v) is 4.73. The molecule has 19 heavy (non-hydrogen) atoms. The van der Waals surface area contributed by atoms with Crippen molar-refractivity contribution in [3.05, 3.63) is 40.9 Å². The number of H-pyrrole nitrogens is 1. The minimum absolute atomic E-state index is 0.696. The number of imidazole rings is 1. The molecule has 0 atom stereocenters. The van der Waals surface area contributed by atoms with Crippen LogP contribution in [-0.2, 0) is 13.6 Å². The molecule has 1 N–H and O–H groups in total. The van der Waals surface area contributed by atoms with Gasteiger partial charge in [0.2, 0.25) is 0 Å². The monoisotopic (exact) mass is 274 g/mol. The van der Waals surface area contributed by atoms with E-state index < -0.39 is 0 Å². The van der Waals surface area contributed by atoms with Crippen molar-refractivity contribution in [3.63, 3.8) is 0 Å². The van der Waals surface area contributed by atoms with E-state index in [0.717, 1.165) is 22.5 Å². The van der Waals surface area contributed by atoms with Crippen molar-refractivity contribution in [2.24, 2.45) is 7.05 Å². The number of ether oxygens (including phenoxy) is 1. The molecule has 0 spiro atoms. The number of hydrogen-bond acceptors (Lipinski definition) is 3. The Morgan fingerprint density at radius 2 is 2.21 bits per heavy atom. The van der Waals surface area contributed by atoms with Crippen LogP contribution in [0.1, 0.15) is 5.69 Å².